The Balaban J connectivity index is 1.84. The maximum atomic E-state index is 13.2. The molecule has 0 unspecified atom stereocenters. The van der Waals surface area contributed by atoms with Crippen LogP contribution >= 0.6 is 11.8 Å². The molecule has 5 heteroatoms. The number of benzene rings is 2. The average molecular weight is 327 g/mol. The summed E-state index contributed by atoms with van der Waals surface area (Å²) in [4.78, 5) is 26.1. The number of nitrogens with zero attached hydrogens (tertiary/aromatic N) is 1. The van der Waals surface area contributed by atoms with E-state index in [-0.39, 0.29) is 23.5 Å². The maximum absolute atomic E-state index is 13.2. The fourth-order valence-electron chi connectivity index (χ4n) is 2.34. The van der Waals surface area contributed by atoms with Gasteiger partial charge in [0.1, 0.15) is 5.82 Å². The van der Waals surface area contributed by atoms with Gasteiger partial charge in [-0.3, -0.25) is 14.5 Å². The van der Waals surface area contributed by atoms with Crippen molar-refractivity contribution < 1.29 is 14.0 Å². The molecule has 0 N–H and O–H groups in total. The van der Waals surface area contributed by atoms with Crippen molar-refractivity contribution >= 4 is 29.0 Å². The molecule has 0 atom stereocenters. The molecule has 0 bridgehead atoms. The van der Waals surface area contributed by atoms with E-state index >= 15 is 0 Å². The van der Waals surface area contributed by atoms with Gasteiger partial charge in [0.05, 0.1) is 11.4 Å². The molecule has 0 spiro atoms. The fraction of sp³-hybridized carbons (Fsp3) is 0.111. The summed E-state index contributed by atoms with van der Waals surface area (Å²) >= 11 is 0.884. The lowest BCUT2D eigenvalue weighted by Crippen LogP contribution is -2.27. The van der Waals surface area contributed by atoms with Crippen molar-refractivity contribution in [2.24, 2.45) is 0 Å². The second kappa shape index (κ2) is 6.38. The predicted octanol–water partition coefficient (Wildman–Crippen LogP) is 4.37. The number of imide groups is 1. The molecule has 1 aliphatic rings. The molecule has 23 heavy (non-hydrogen) atoms. The van der Waals surface area contributed by atoms with Gasteiger partial charge in [-0.05, 0) is 53.6 Å². The van der Waals surface area contributed by atoms with Crippen LogP contribution in [0.15, 0.2) is 53.4 Å². The molecule has 1 saturated heterocycles. The van der Waals surface area contributed by atoms with Crippen LogP contribution < -0.4 is 0 Å². The Hall–Kier alpha value is -2.40. The number of aryl methyl sites for hydroxylation is 1. The molecule has 1 heterocycles. The number of hydrogen-bond donors (Lipinski definition) is 0. The van der Waals surface area contributed by atoms with Crippen LogP contribution in [0, 0.1) is 12.7 Å². The van der Waals surface area contributed by atoms with Crippen molar-refractivity contribution in [3.63, 3.8) is 0 Å². The number of hydrogen-bond acceptors (Lipinski definition) is 3. The zero-order valence-electron chi connectivity index (χ0n) is 12.5. The Morgan fingerprint density at radius 1 is 1.13 bits per heavy atom. The first-order valence-corrected chi connectivity index (χ1v) is 7.92. The Kier molecular flexibility index (Phi) is 4.30. The quantitative estimate of drug-likeness (QED) is 0.786. The van der Waals surface area contributed by atoms with E-state index < -0.39 is 0 Å². The largest absolute Gasteiger partial charge is 0.293 e. The number of amides is 2. The van der Waals surface area contributed by atoms with Gasteiger partial charge in [0.25, 0.3) is 11.1 Å². The highest BCUT2D eigenvalue weighted by atomic mass is 32.2. The highest BCUT2D eigenvalue weighted by Gasteiger charge is 2.35. The van der Waals surface area contributed by atoms with Crippen LogP contribution in [0.3, 0.4) is 0 Å². The molecular formula is C18H14FNO2S. The minimum Gasteiger partial charge on any atom is -0.268 e. The zero-order valence-corrected chi connectivity index (χ0v) is 13.3. The van der Waals surface area contributed by atoms with Gasteiger partial charge in [-0.1, -0.05) is 36.4 Å². The van der Waals surface area contributed by atoms with Gasteiger partial charge in [0.2, 0.25) is 0 Å². The summed E-state index contributed by atoms with van der Waals surface area (Å²) in [5, 5.41) is -0.305. The third-order valence-electron chi connectivity index (χ3n) is 3.61. The first-order valence-electron chi connectivity index (χ1n) is 7.10. The van der Waals surface area contributed by atoms with Crippen molar-refractivity contribution in [2.75, 3.05) is 0 Å². The van der Waals surface area contributed by atoms with Crippen molar-refractivity contribution in [3.05, 3.63) is 75.9 Å². The van der Waals surface area contributed by atoms with Crippen LogP contribution in [-0.2, 0) is 11.3 Å². The van der Waals surface area contributed by atoms with E-state index in [1.165, 1.54) is 17.0 Å². The number of halogens is 1. The van der Waals surface area contributed by atoms with Gasteiger partial charge >= 0.3 is 0 Å². The highest BCUT2D eigenvalue weighted by Crippen LogP contribution is 2.33. The smallest absolute Gasteiger partial charge is 0.268 e. The van der Waals surface area contributed by atoms with Crippen molar-refractivity contribution in [1.82, 2.24) is 4.90 Å². The van der Waals surface area contributed by atoms with E-state index in [4.69, 9.17) is 0 Å². The first-order chi connectivity index (χ1) is 11.0. The summed E-state index contributed by atoms with van der Waals surface area (Å²) in [6.45, 7) is 2.19. The standard InChI is InChI=1S/C18H14FNO2S/c1-12-5-2-3-7-14(12)11-20-17(21)16(23-18(20)22)10-13-6-4-8-15(19)9-13/h2-10H,11H2,1H3/b16-10-. The second-order valence-corrected chi connectivity index (χ2v) is 6.24. The van der Waals surface area contributed by atoms with Gasteiger partial charge in [-0.2, -0.15) is 0 Å². The number of rotatable bonds is 3. The summed E-state index contributed by atoms with van der Waals surface area (Å²) in [6.07, 6.45) is 1.55. The normalized spacial score (nSPS) is 16.4. The van der Waals surface area contributed by atoms with Gasteiger partial charge in [-0.15, -0.1) is 0 Å². The van der Waals surface area contributed by atoms with Crippen LogP contribution in [0.1, 0.15) is 16.7 Å². The molecule has 3 rings (SSSR count). The van der Waals surface area contributed by atoms with Crippen LogP contribution in [-0.4, -0.2) is 16.0 Å². The van der Waals surface area contributed by atoms with E-state index in [9.17, 15) is 14.0 Å². The Morgan fingerprint density at radius 3 is 2.65 bits per heavy atom. The lowest BCUT2D eigenvalue weighted by molar-refractivity contribution is -0.123. The average Bonchev–Trinajstić information content (AvgIpc) is 2.77. The molecule has 2 aromatic carbocycles. The predicted molar refractivity (Wildman–Crippen MR) is 89.1 cm³/mol. The van der Waals surface area contributed by atoms with Crippen molar-refractivity contribution in [1.29, 1.82) is 0 Å². The molecule has 2 amide bonds. The van der Waals surface area contributed by atoms with Gasteiger partial charge < -0.3 is 0 Å². The minimum absolute atomic E-state index is 0.248. The summed E-state index contributed by atoms with van der Waals surface area (Å²) < 4.78 is 13.2. The molecular weight excluding hydrogens is 313 g/mol. The van der Waals surface area contributed by atoms with E-state index in [1.807, 2.05) is 31.2 Å². The summed E-state index contributed by atoms with van der Waals surface area (Å²) in [5.74, 6) is -0.717. The maximum Gasteiger partial charge on any atom is 0.293 e. The van der Waals surface area contributed by atoms with Crippen molar-refractivity contribution in [3.8, 4) is 0 Å². The van der Waals surface area contributed by atoms with E-state index in [2.05, 4.69) is 0 Å². The third-order valence-corrected chi connectivity index (χ3v) is 4.52. The number of carbonyl (C=O) groups excluding carboxylic acids is 2. The molecule has 0 aliphatic carbocycles. The van der Waals surface area contributed by atoms with E-state index in [0.29, 0.717) is 10.5 Å². The summed E-state index contributed by atoms with van der Waals surface area (Å²) in [5.41, 5.74) is 2.52. The van der Waals surface area contributed by atoms with E-state index in [1.54, 1.807) is 18.2 Å². The summed E-state index contributed by atoms with van der Waals surface area (Å²) in [7, 11) is 0. The Morgan fingerprint density at radius 2 is 1.91 bits per heavy atom. The van der Waals surface area contributed by atoms with Gasteiger partial charge in [0.15, 0.2) is 0 Å². The van der Waals surface area contributed by atoms with Crippen LogP contribution in [0.4, 0.5) is 9.18 Å². The van der Waals surface area contributed by atoms with E-state index in [0.717, 1.165) is 22.9 Å². The molecule has 1 fully saturated rings. The fourth-order valence-corrected chi connectivity index (χ4v) is 3.18. The van der Waals surface area contributed by atoms with Crippen LogP contribution in [0.2, 0.25) is 0 Å². The Bertz CT molecular complexity index is 816. The lowest BCUT2D eigenvalue weighted by Gasteiger charge is -2.14. The molecule has 1 aliphatic heterocycles. The monoisotopic (exact) mass is 327 g/mol. The van der Waals surface area contributed by atoms with Gasteiger partial charge in [-0.25, -0.2) is 4.39 Å². The summed E-state index contributed by atoms with van der Waals surface area (Å²) in [6, 6.07) is 13.6. The minimum atomic E-state index is -0.377. The number of carbonyl (C=O) groups is 2. The Labute approximate surface area is 137 Å². The van der Waals surface area contributed by atoms with Crippen molar-refractivity contribution in [2.45, 2.75) is 13.5 Å². The highest BCUT2D eigenvalue weighted by molar-refractivity contribution is 8.18. The molecule has 0 aromatic heterocycles. The molecule has 3 nitrogen and oxygen atoms in total. The molecule has 0 radical (unpaired) electrons. The topological polar surface area (TPSA) is 37.4 Å². The lowest BCUT2D eigenvalue weighted by atomic mass is 10.1. The third kappa shape index (κ3) is 3.35. The molecule has 2 aromatic rings. The SMILES string of the molecule is Cc1ccccc1CN1C(=O)S/C(=C\c2cccc(F)c2)C1=O. The zero-order chi connectivity index (χ0) is 16.4. The molecule has 116 valence electrons. The van der Waals surface area contributed by atoms with Crippen LogP contribution in [0.25, 0.3) is 6.08 Å². The number of thioether (sulfide) groups is 1. The second-order valence-electron chi connectivity index (χ2n) is 5.25. The first kappa shape index (κ1) is 15.5. The van der Waals surface area contributed by atoms with Gasteiger partial charge in [0, 0.05) is 0 Å². The van der Waals surface area contributed by atoms with Crippen LogP contribution in [0.5, 0.6) is 0 Å². The molecule has 0 saturated carbocycles.